The molecular weight excluding hydrogens is 264 g/mol. The van der Waals surface area contributed by atoms with Crippen molar-refractivity contribution >= 4 is 0 Å². The van der Waals surface area contributed by atoms with Crippen molar-refractivity contribution < 1.29 is 9.47 Å². The van der Waals surface area contributed by atoms with Crippen LogP contribution in [0, 0.1) is 5.92 Å². The normalized spacial score (nSPS) is 19.1. The van der Waals surface area contributed by atoms with Gasteiger partial charge >= 0.3 is 0 Å². The first-order chi connectivity index (χ1) is 10.2. The Morgan fingerprint density at radius 3 is 2.57 bits per heavy atom. The fourth-order valence-electron chi connectivity index (χ4n) is 2.72. The summed E-state index contributed by atoms with van der Waals surface area (Å²) in [5, 5.41) is 3.50. The van der Waals surface area contributed by atoms with E-state index in [2.05, 4.69) is 24.1 Å². The number of ether oxygens (including phenoxy) is 2. The smallest absolute Gasteiger partial charge is 0.119 e. The van der Waals surface area contributed by atoms with Crippen LogP contribution in [0.2, 0.25) is 0 Å². The van der Waals surface area contributed by atoms with Crippen molar-refractivity contribution in [2.75, 3.05) is 39.9 Å². The van der Waals surface area contributed by atoms with Gasteiger partial charge in [-0.25, -0.2) is 0 Å². The van der Waals surface area contributed by atoms with E-state index in [0.717, 1.165) is 30.5 Å². The van der Waals surface area contributed by atoms with Crippen molar-refractivity contribution in [2.45, 2.75) is 26.3 Å². The predicted octanol–water partition coefficient (Wildman–Crippen LogP) is 2.39. The van der Waals surface area contributed by atoms with E-state index in [0.29, 0.717) is 12.6 Å². The lowest BCUT2D eigenvalue weighted by Crippen LogP contribution is -2.31. The highest BCUT2D eigenvalue weighted by molar-refractivity contribution is 5.31. The molecule has 4 heteroatoms. The zero-order valence-corrected chi connectivity index (χ0v) is 13.5. The molecule has 1 aliphatic heterocycles. The first-order valence-electron chi connectivity index (χ1n) is 7.90. The highest BCUT2D eigenvalue weighted by Gasteiger charge is 2.23. The zero-order valence-electron chi connectivity index (χ0n) is 13.5. The van der Waals surface area contributed by atoms with Crippen molar-refractivity contribution in [2.24, 2.45) is 5.92 Å². The van der Waals surface area contributed by atoms with E-state index in [1.165, 1.54) is 19.5 Å². The zero-order chi connectivity index (χ0) is 15.1. The van der Waals surface area contributed by atoms with Crippen LogP contribution >= 0.6 is 0 Å². The lowest BCUT2D eigenvalue weighted by atomic mass is 10.1. The molecule has 0 aliphatic carbocycles. The van der Waals surface area contributed by atoms with Gasteiger partial charge in [-0.05, 0) is 63.5 Å². The fourth-order valence-corrected chi connectivity index (χ4v) is 2.72. The SMILES string of the molecule is COc1ccc(OCCNCC2CCN(C(C)C)C2)cc1. The second-order valence-electron chi connectivity index (χ2n) is 5.97. The Labute approximate surface area is 128 Å². The van der Waals surface area contributed by atoms with Gasteiger partial charge in [0.15, 0.2) is 0 Å². The minimum absolute atomic E-state index is 0.674. The Balaban J connectivity index is 1.56. The molecule has 0 spiro atoms. The minimum atomic E-state index is 0.674. The van der Waals surface area contributed by atoms with Crippen LogP contribution in [0.25, 0.3) is 0 Å². The molecule has 0 aromatic heterocycles. The van der Waals surface area contributed by atoms with Crippen LogP contribution in [0.1, 0.15) is 20.3 Å². The highest BCUT2D eigenvalue weighted by atomic mass is 16.5. The average Bonchev–Trinajstić information content (AvgIpc) is 2.97. The van der Waals surface area contributed by atoms with Crippen LogP contribution in [0.3, 0.4) is 0 Å². The van der Waals surface area contributed by atoms with Gasteiger partial charge in [0.1, 0.15) is 18.1 Å². The van der Waals surface area contributed by atoms with E-state index in [1.54, 1.807) is 7.11 Å². The van der Waals surface area contributed by atoms with E-state index < -0.39 is 0 Å². The van der Waals surface area contributed by atoms with Crippen LogP contribution in [-0.2, 0) is 0 Å². The summed E-state index contributed by atoms with van der Waals surface area (Å²) in [4.78, 5) is 2.56. The topological polar surface area (TPSA) is 33.7 Å². The number of hydrogen-bond donors (Lipinski definition) is 1. The van der Waals surface area contributed by atoms with Gasteiger partial charge < -0.3 is 19.7 Å². The molecule has 1 heterocycles. The second-order valence-corrected chi connectivity index (χ2v) is 5.97. The van der Waals surface area contributed by atoms with Crippen LogP contribution in [0.15, 0.2) is 24.3 Å². The van der Waals surface area contributed by atoms with Gasteiger partial charge in [0.05, 0.1) is 7.11 Å². The summed E-state index contributed by atoms with van der Waals surface area (Å²) >= 11 is 0. The largest absolute Gasteiger partial charge is 0.497 e. The summed E-state index contributed by atoms with van der Waals surface area (Å²) < 4.78 is 10.8. The first kappa shape index (κ1) is 16.1. The molecule has 1 unspecified atom stereocenters. The van der Waals surface area contributed by atoms with Crippen LogP contribution in [0.4, 0.5) is 0 Å². The molecule has 4 nitrogen and oxygen atoms in total. The van der Waals surface area contributed by atoms with Gasteiger partial charge in [0, 0.05) is 19.1 Å². The quantitative estimate of drug-likeness (QED) is 0.746. The van der Waals surface area contributed by atoms with E-state index in [1.807, 2.05) is 24.3 Å². The molecule has 21 heavy (non-hydrogen) atoms. The van der Waals surface area contributed by atoms with Crippen LogP contribution in [-0.4, -0.2) is 50.8 Å². The molecule has 0 bridgehead atoms. The number of hydrogen-bond acceptors (Lipinski definition) is 4. The second kappa shape index (κ2) is 8.25. The summed E-state index contributed by atoms with van der Waals surface area (Å²) in [7, 11) is 1.67. The standard InChI is InChI=1S/C17H28N2O2/c1-14(2)19-10-8-15(13-19)12-18-9-11-21-17-6-4-16(20-3)5-7-17/h4-7,14-15,18H,8-13H2,1-3H3. The average molecular weight is 292 g/mol. The molecule has 1 atom stereocenters. The summed E-state index contributed by atoms with van der Waals surface area (Å²) in [6.07, 6.45) is 1.31. The monoisotopic (exact) mass is 292 g/mol. The molecule has 1 aliphatic rings. The third-order valence-electron chi connectivity index (χ3n) is 4.09. The Bertz CT molecular complexity index is 406. The minimum Gasteiger partial charge on any atom is -0.497 e. The number of likely N-dealkylation sites (tertiary alicyclic amines) is 1. The summed E-state index contributed by atoms with van der Waals surface area (Å²) in [5.74, 6) is 2.54. The van der Waals surface area contributed by atoms with Gasteiger partial charge in [-0.15, -0.1) is 0 Å². The number of nitrogens with zero attached hydrogens (tertiary/aromatic N) is 1. The molecule has 118 valence electrons. The third kappa shape index (κ3) is 5.21. The molecule has 2 rings (SSSR count). The van der Waals surface area contributed by atoms with Gasteiger partial charge in [0.25, 0.3) is 0 Å². The molecule has 1 saturated heterocycles. The van der Waals surface area contributed by atoms with Gasteiger partial charge in [0.2, 0.25) is 0 Å². The number of nitrogens with one attached hydrogen (secondary N) is 1. The van der Waals surface area contributed by atoms with Crippen molar-refractivity contribution in [1.82, 2.24) is 10.2 Å². The Hall–Kier alpha value is -1.26. The highest BCUT2D eigenvalue weighted by Crippen LogP contribution is 2.18. The Morgan fingerprint density at radius 2 is 1.95 bits per heavy atom. The van der Waals surface area contributed by atoms with Crippen molar-refractivity contribution in [3.63, 3.8) is 0 Å². The van der Waals surface area contributed by atoms with Crippen LogP contribution < -0.4 is 14.8 Å². The maximum Gasteiger partial charge on any atom is 0.119 e. The maximum absolute atomic E-state index is 5.70. The van der Waals surface area contributed by atoms with E-state index in [-0.39, 0.29) is 0 Å². The molecular formula is C17H28N2O2. The van der Waals surface area contributed by atoms with Gasteiger partial charge in [-0.1, -0.05) is 0 Å². The molecule has 0 radical (unpaired) electrons. The number of methoxy groups -OCH3 is 1. The van der Waals surface area contributed by atoms with Crippen molar-refractivity contribution in [3.8, 4) is 11.5 Å². The van der Waals surface area contributed by atoms with Gasteiger partial charge in [-0.2, -0.15) is 0 Å². The Morgan fingerprint density at radius 1 is 1.24 bits per heavy atom. The molecule has 1 aromatic rings. The number of benzene rings is 1. The lowest BCUT2D eigenvalue weighted by Gasteiger charge is -2.20. The fraction of sp³-hybridized carbons (Fsp3) is 0.647. The van der Waals surface area contributed by atoms with Crippen molar-refractivity contribution in [3.05, 3.63) is 24.3 Å². The van der Waals surface area contributed by atoms with Crippen LogP contribution in [0.5, 0.6) is 11.5 Å². The molecule has 1 N–H and O–H groups in total. The van der Waals surface area contributed by atoms with Crippen molar-refractivity contribution in [1.29, 1.82) is 0 Å². The van der Waals surface area contributed by atoms with E-state index >= 15 is 0 Å². The van der Waals surface area contributed by atoms with Gasteiger partial charge in [-0.3, -0.25) is 0 Å². The molecule has 1 aromatic carbocycles. The summed E-state index contributed by atoms with van der Waals surface area (Å²) in [6, 6.07) is 8.39. The molecule has 1 fully saturated rings. The summed E-state index contributed by atoms with van der Waals surface area (Å²) in [5.41, 5.74) is 0. The summed E-state index contributed by atoms with van der Waals surface area (Å²) in [6.45, 7) is 9.71. The third-order valence-corrected chi connectivity index (χ3v) is 4.09. The number of rotatable bonds is 8. The maximum atomic E-state index is 5.70. The molecule has 0 amide bonds. The Kier molecular flexibility index (Phi) is 6.33. The van der Waals surface area contributed by atoms with E-state index in [4.69, 9.17) is 9.47 Å². The lowest BCUT2D eigenvalue weighted by molar-refractivity contribution is 0.261. The predicted molar refractivity (Wildman–Crippen MR) is 86.2 cm³/mol. The molecule has 0 saturated carbocycles. The first-order valence-corrected chi connectivity index (χ1v) is 7.90. The van der Waals surface area contributed by atoms with E-state index in [9.17, 15) is 0 Å².